The zero-order valence-corrected chi connectivity index (χ0v) is 18.5. The second-order valence-electron chi connectivity index (χ2n) is 4.70. The van der Waals surface area contributed by atoms with E-state index in [1.165, 1.54) is 0 Å². The molecular weight excluding hydrogens is 567 g/mol. The number of aromatic nitrogens is 2. The van der Waals surface area contributed by atoms with Crippen molar-refractivity contribution in [1.29, 1.82) is 0 Å². The standard InChI is InChI=1S/C10H8N2.C7H6O5S.H2O.Pb/c1-3-7-11-9(5-1)10-6-2-4-8-12-10;8-7(9)5-2-1-3-6(4-5)13(10,11)12;;/h1-8H;1-4H,(H,8,9)(H,10,11,12);1H2;/q;;;+2/p-2. The third-order valence-electron chi connectivity index (χ3n) is 2.95. The number of benzene rings is 1. The van der Waals surface area contributed by atoms with Crippen molar-refractivity contribution in [1.82, 2.24) is 9.97 Å². The van der Waals surface area contributed by atoms with Crippen LogP contribution in [0.15, 0.2) is 78.0 Å². The Balaban J connectivity index is 0.000000467. The van der Waals surface area contributed by atoms with Crippen LogP contribution in [0.3, 0.4) is 0 Å². The summed E-state index contributed by atoms with van der Waals surface area (Å²) in [5.41, 5.74) is 1.49. The molecule has 0 bridgehead atoms. The molecule has 0 unspecified atom stereocenters. The fourth-order valence-electron chi connectivity index (χ4n) is 1.81. The van der Waals surface area contributed by atoms with Gasteiger partial charge in [-0.1, -0.05) is 24.3 Å². The molecule has 8 nitrogen and oxygen atoms in total. The molecule has 0 fully saturated rings. The Labute approximate surface area is 176 Å². The van der Waals surface area contributed by atoms with Crippen LogP contribution in [0, 0.1) is 0 Å². The predicted molar refractivity (Wildman–Crippen MR) is 95.6 cm³/mol. The van der Waals surface area contributed by atoms with E-state index in [2.05, 4.69) is 9.97 Å². The van der Waals surface area contributed by atoms with Gasteiger partial charge in [0, 0.05) is 12.4 Å². The van der Waals surface area contributed by atoms with Crippen molar-refractivity contribution >= 4 is 43.4 Å². The molecule has 0 saturated carbocycles. The number of hydrogen-bond donors (Lipinski definition) is 0. The largest absolute Gasteiger partial charge is 2.00 e. The van der Waals surface area contributed by atoms with Crippen molar-refractivity contribution in [2.24, 2.45) is 0 Å². The molecule has 2 radical (unpaired) electrons. The van der Waals surface area contributed by atoms with E-state index in [-0.39, 0.29) is 38.3 Å². The first-order chi connectivity index (χ1) is 11.9. The average Bonchev–Trinajstić information content (AvgIpc) is 2.63. The van der Waals surface area contributed by atoms with Gasteiger partial charge in [-0.3, -0.25) is 9.97 Å². The number of carboxylic acid groups (broad SMARTS) is 1. The summed E-state index contributed by atoms with van der Waals surface area (Å²) in [6, 6.07) is 15.7. The summed E-state index contributed by atoms with van der Waals surface area (Å²) in [5.74, 6) is -1.52. The van der Waals surface area contributed by atoms with Crippen molar-refractivity contribution in [2.45, 2.75) is 4.90 Å². The molecule has 0 aliphatic rings. The Bertz CT molecular complexity index is 916. The maximum absolute atomic E-state index is 10.4. The molecule has 1 aromatic carbocycles. The van der Waals surface area contributed by atoms with E-state index in [1.807, 2.05) is 36.4 Å². The van der Waals surface area contributed by atoms with Gasteiger partial charge in [-0.15, -0.1) is 0 Å². The third-order valence-corrected chi connectivity index (χ3v) is 3.78. The predicted octanol–water partition coefficient (Wildman–Crippen LogP) is -0.108. The maximum Gasteiger partial charge on any atom is 2.00 e. The van der Waals surface area contributed by atoms with Gasteiger partial charge in [0.1, 0.15) is 10.1 Å². The summed E-state index contributed by atoms with van der Waals surface area (Å²) in [7, 11) is -4.60. The molecule has 0 spiro atoms. The zero-order valence-electron chi connectivity index (χ0n) is 13.8. The number of carbonyl (C=O) groups excluding carboxylic acids is 1. The van der Waals surface area contributed by atoms with Crippen molar-refractivity contribution in [3.8, 4) is 11.4 Å². The SMILES string of the molecule is O.O=C([O-])c1cccc(S(=O)(=O)[O-])c1.[Pb+2].c1ccc(-c2ccccn2)nc1. The minimum atomic E-state index is -4.60. The van der Waals surface area contributed by atoms with Crippen LogP contribution < -0.4 is 5.11 Å². The van der Waals surface area contributed by atoms with Crippen LogP contribution >= 0.6 is 0 Å². The number of carbonyl (C=O) groups is 1. The Morgan fingerprint density at radius 3 is 1.74 bits per heavy atom. The fourth-order valence-corrected chi connectivity index (χ4v) is 2.32. The number of nitrogens with zero attached hydrogens (tertiary/aromatic N) is 2. The van der Waals surface area contributed by atoms with Gasteiger partial charge in [-0.2, -0.15) is 0 Å². The molecule has 0 aliphatic heterocycles. The van der Waals surface area contributed by atoms with E-state index in [9.17, 15) is 22.9 Å². The van der Waals surface area contributed by atoms with Crippen molar-refractivity contribution in [3.05, 3.63) is 78.6 Å². The van der Waals surface area contributed by atoms with E-state index in [4.69, 9.17) is 0 Å². The molecule has 138 valence electrons. The monoisotopic (exact) mass is 582 g/mol. The fraction of sp³-hybridized carbons (Fsp3) is 0. The summed E-state index contributed by atoms with van der Waals surface area (Å²) in [4.78, 5) is 18.1. The Morgan fingerprint density at radius 2 is 1.37 bits per heavy atom. The van der Waals surface area contributed by atoms with Crippen molar-refractivity contribution < 1.29 is 28.3 Å². The van der Waals surface area contributed by atoms with Crippen molar-refractivity contribution in [3.63, 3.8) is 0 Å². The van der Waals surface area contributed by atoms with E-state index < -0.39 is 21.0 Å². The molecular formula is C17H14N2O6PbS. The van der Waals surface area contributed by atoms with E-state index in [1.54, 1.807) is 12.4 Å². The molecule has 10 heteroatoms. The third kappa shape index (κ3) is 7.90. The number of carboxylic acids is 1. The molecule has 2 N–H and O–H groups in total. The number of pyridine rings is 2. The molecule has 2 aromatic heterocycles. The maximum atomic E-state index is 10.4. The Hall–Kier alpha value is -2.22. The van der Waals surface area contributed by atoms with Gasteiger partial charge in [0.25, 0.3) is 0 Å². The van der Waals surface area contributed by atoms with Crippen molar-refractivity contribution in [2.75, 3.05) is 0 Å². The van der Waals surface area contributed by atoms with Crippen LogP contribution in [0.5, 0.6) is 0 Å². The summed E-state index contributed by atoms with van der Waals surface area (Å²) in [6.45, 7) is 0. The van der Waals surface area contributed by atoms with Crippen LogP contribution in [0.4, 0.5) is 0 Å². The molecule has 2 heterocycles. The normalized spacial score (nSPS) is 9.67. The van der Waals surface area contributed by atoms with Gasteiger partial charge in [-0.25, -0.2) is 8.42 Å². The molecule has 0 amide bonds. The first-order valence-electron chi connectivity index (χ1n) is 6.97. The first kappa shape index (κ1) is 24.8. The molecule has 3 rings (SSSR count). The second kappa shape index (κ2) is 11.5. The number of hydrogen-bond acceptors (Lipinski definition) is 7. The van der Waals surface area contributed by atoms with Gasteiger partial charge < -0.3 is 19.9 Å². The molecule has 27 heavy (non-hydrogen) atoms. The smallest absolute Gasteiger partial charge is 0.744 e. The zero-order chi connectivity index (χ0) is 18.3. The van der Waals surface area contributed by atoms with Gasteiger partial charge in [0.05, 0.1) is 22.3 Å². The Kier molecular flexibility index (Phi) is 10.5. The summed E-state index contributed by atoms with van der Waals surface area (Å²) < 4.78 is 31.3. The van der Waals surface area contributed by atoms with Gasteiger partial charge in [-0.05, 0) is 42.0 Å². The Morgan fingerprint density at radius 1 is 0.852 bits per heavy atom. The summed E-state index contributed by atoms with van der Waals surface area (Å²) in [6.07, 6.45) is 3.54. The van der Waals surface area contributed by atoms with Gasteiger partial charge >= 0.3 is 27.3 Å². The van der Waals surface area contributed by atoms with E-state index in [0.29, 0.717) is 0 Å². The minimum absolute atomic E-state index is 0. The van der Waals surface area contributed by atoms with E-state index in [0.717, 1.165) is 35.7 Å². The van der Waals surface area contributed by atoms with Crippen LogP contribution in [-0.4, -0.2) is 61.7 Å². The molecule has 3 aromatic rings. The average molecular weight is 582 g/mol. The molecule has 0 saturated heterocycles. The molecule has 0 aliphatic carbocycles. The first-order valence-corrected chi connectivity index (χ1v) is 8.38. The minimum Gasteiger partial charge on any atom is -0.744 e. The van der Waals surface area contributed by atoms with Crippen LogP contribution in [-0.2, 0) is 10.1 Å². The van der Waals surface area contributed by atoms with Crippen LogP contribution in [0.1, 0.15) is 10.4 Å². The number of aromatic carboxylic acids is 1. The summed E-state index contributed by atoms with van der Waals surface area (Å²) in [5, 5.41) is 10.3. The second-order valence-corrected chi connectivity index (χ2v) is 6.08. The van der Waals surface area contributed by atoms with E-state index >= 15 is 0 Å². The molecule has 0 atom stereocenters. The van der Waals surface area contributed by atoms with Gasteiger partial charge in [0.15, 0.2) is 0 Å². The quantitative estimate of drug-likeness (QED) is 0.309. The number of rotatable bonds is 3. The van der Waals surface area contributed by atoms with Gasteiger partial charge in [0.2, 0.25) is 0 Å². The summed E-state index contributed by atoms with van der Waals surface area (Å²) >= 11 is 0. The topological polar surface area (TPSA) is 155 Å². The van der Waals surface area contributed by atoms with Crippen LogP contribution in [0.25, 0.3) is 11.4 Å². The van der Waals surface area contributed by atoms with Crippen LogP contribution in [0.2, 0.25) is 0 Å².